The number of hydrogen-bond donors (Lipinski definition) is 2. The van der Waals surface area contributed by atoms with E-state index in [1.165, 1.54) is 0 Å². The van der Waals surface area contributed by atoms with E-state index in [0.29, 0.717) is 47.3 Å². The Bertz CT molecular complexity index is 1450. The summed E-state index contributed by atoms with van der Waals surface area (Å²) in [5.74, 6) is -0.403. The molecular weight excluding hydrogens is 472 g/mol. The Morgan fingerprint density at radius 1 is 1.16 bits per heavy atom. The minimum atomic E-state index is -0.455. The number of nitrogens with one attached hydrogen (secondary N) is 1. The van der Waals surface area contributed by atoms with Crippen molar-refractivity contribution in [1.29, 1.82) is 0 Å². The van der Waals surface area contributed by atoms with Crippen molar-refractivity contribution in [1.82, 2.24) is 20.0 Å². The number of pyridine rings is 3. The van der Waals surface area contributed by atoms with Gasteiger partial charge in [0, 0.05) is 60.9 Å². The molecule has 190 valence electrons. The molecule has 0 spiro atoms. The van der Waals surface area contributed by atoms with Crippen molar-refractivity contribution in [2.75, 3.05) is 13.2 Å². The van der Waals surface area contributed by atoms with Gasteiger partial charge in [-0.15, -0.1) is 0 Å². The standard InChI is InChI=1S/C28H28N4O5/c33-14-3-4-19-11-13-32(26(34)16-19)21-8-6-20(7-9-21)25-17-22(23-18-29-12-10-24(23)30-25)28(35)31-37-27-5-1-2-15-36-27/h6-13,16-18,27,33H,1-5,14-15H2,(H,31,35). The number of aliphatic hydroxyl groups is 1. The third kappa shape index (κ3) is 5.75. The van der Waals surface area contributed by atoms with Gasteiger partial charge in [-0.3, -0.25) is 19.1 Å². The van der Waals surface area contributed by atoms with Crippen LogP contribution in [0.25, 0.3) is 27.8 Å². The number of carbonyl (C=O) groups is 1. The number of hydroxylamine groups is 1. The molecule has 2 N–H and O–H groups in total. The molecule has 1 aliphatic heterocycles. The maximum absolute atomic E-state index is 13.1. The summed E-state index contributed by atoms with van der Waals surface area (Å²) in [5, 5.41) is 9.62. The van der Waals surface area contributed by atoms with E-state index in [1.54, 1.807) is 41.4 Å². The monoisotopic (exact) mass is 500 g/mol. The van der Waals surface area contributed by atoms with E-state index in [4.69, 9.17) is 19.7 Å². The van der Waals surface area contributed by atoms with Crippen molar-refractivity contribution in [3.05, 3.63) is 88.6 Å². The lowest BCUT2D eigenvalue weighted by Gasteiger charge is -2.22. The van der Waals surface area contributed by atoms with Gasteiger partial charge in [-0.1, -0.05) is 12.1 Å². The van der Waals surface area contributed by atoms with E-state index in [0.717, 1.165) is 30.4 Å². The molecule has 1 aromatic carbocycles. The lowest BCUT2D eigenvalue weighted by atomic mass is 10.0. The molecule has 0 aliphatic carbocycles. The lowest BCUT2D eigenvalue weighted by Crippen LogP contribution is -2.33. The fourth-order valence-electron chi connectivity index (χ4n) is 4.35. The number of nitrogens with zero attached hydrogens (tertiary/aromatic N) is 3. The molecule has 0 saturated carbocycles. The van der Waals surface area contributed by atoms with Crippen LogP contribution in [0.1, 0.15) is 41.6 Å². The Hall–Kier alpha value is -3.92. The van der Waals surface area contributed by atoms with Crippen molar-refractivity contribution < 1.29 is 19.5 Å². The molecular formula is C28H28N4O5. The van der Waals surface area contributed by atoms with Crippen LogP contribution >= 0.6 is 0 Å². The Balaban J connectivity index is 1.40. The zero-order valence-electron chi connectivity index (χ0n) is 20.3. The number of aryl methyl sites for hydroxylation is 1. The zero-order chi connectivity index (χ0) is 25.6. The number of benzene rings is 1. The predicted molar refractivity (Wildman–Crippen MR) is 138 cm³/mol. The van der Waals surface area contributed by atoms with Gasteiger partial charge in [-0.2, -0.15) is 0 Å². The number of aromatic nitrogens is 3. The van der Waals surface area contributed by atoms with Gasteiger partial charge in [0.25, 0.3) is 11.5 Å². The van der Waals surface area contributed by atoms with Crippen LogP contribution in [0.3, 0.4) is 0 Å². The Morgan fingerprint density at radius 2 is 2.03 bits per heavy atom. The number of ether oxygens (including phenoxy) is 1. The molecule has 1 unspecified atom stereocenters. The van der Waals surface area contributed by atoms with Crippen molar-refractivity contribution in [2.45, 2.75) is 38.4 Å². The van der Waals surface area contributed by atoms with E-state index in [1.807, 2.05) is 30.3 Å². The summed E-state index contributed by atoms with van der Waals surface area (Å²) in [6.45, 7) is 0.706. The van der Waals surface area contributed by atoms with Crippen LogP contribution in [0.2, 0.25) is 0 Å². The molecule has 1 aliphatic rings. The second-order valence-corrected chi connectivity index (χ2v) is 8.91. The van der Waals surface area contributed by atoms with E-state index in [9.17, 15) is 9.59 Å². The van der Waals surface area contributed by atoms with Crippen LogP contribution in [0, 0.1) is 0 Å². The second-order valence-electron chi connectivity index (χ2n) is 8.91. The normalized spacial score (nSPS) is 15.5. The molecule has 0 bridgehead atoms. The topological polar surface area (TPSA) is 116 Å². The first-order valence-corrected chi connectivity index (χ1v) is 12.4. The average molecular weight is 501 g/mol. The fourth-order valence-corrected chi connectivity index (χ4v) is 4.35. The summed E-state index contributed by atoms with van der Waals surface area (Å²) in [7, 11) is 0. The van der Waals surface area contributed by atoms with Crippen molar-refractivity contribution >= 4 is 16.8 Å². The number of hydrogen-bond acceptors (Lipinski definition) is 7. The molecule has 1 saturated heterocycles. The number of rotatable bonds is 8. The highest BCUT2D eigenvalue weighted by molar-refractivity contribution is 6.06. The number of fused-ring (bicyclic) bond motifs is 1. The van der Waals surface area contributed by atoms with Gasteiger partial charge in [0.05, 0.1) is 16.8 Å². The number of carbonyl (C=O) groups excluding carboxylic acids is 1. The zero-order valence-corrected chi connectivity index (χ0v) is 20.3. The predicted octanol–water partition coefficient (Wildman–Crippen LogP) is 3.56. The smallest absolute Gasteiger partial charge is 0.275 e. The van der Waals surface area contributed by atoms with E-state index in [2.05, 4.69) is 10.5 Å². The van der Waals surface area contributed by atoms with Gasteiger partial charge < -0.3 is 9.84 Å². The minimum Gasteiger partial charge on any atom is -0.396 e. The maximum atomic E-state index is 13.1. The molecule has 4 heterocycles. The van der Waals surface area contributed by atoms with Crippen LogP contribution in [-0.4, -0.2) is 45.1 Å². The number of amides is 1. The molecule has 4 aromatic rings. The van der Waals surface area contributed by atoms with Gasteiger partial charge in [-0.25, -0.2) is 15.3 Å². The highest BCUT2D eigenvalue weighted by atomic mass is 16.8. The van der Waals surface area contributed by atoms with Crippen molar-refractivity contribution in [3.8, 4) is 16.9 Å². The third-order valence-electron chi connectivity index (χ3n) is 6.32. The summed E-state index contributed by atoms with van der Waals surface area (Å²) < 4.78 is 7.09. The lowest BCUT2D eigenvalue weighted by molar-refractivity contribution is -0.186. The molecule has 1 amide bonds. The first-order valence-electron chi connectivity index (χ1n) is 12.4. The Morgan fingerprint density at radius 3 is 2.78 bits per heavy atom. The van der Waals surface area contributed by atoms with Crippen LogP contribution < -0.4 is 11.0 Å². The van der Waals surface area contributed by atoms with E-state index >= 15 is 0 Å². The summed E-state index contributed by atoms with van der Waals surface area (Å²) in [5.41, 5.74) is 6.41. The van der Waals surface area contributed by atoms with E-state index < -0.39 is 12.2 Å². The molecule has 9 heteroatoms. The van der Waals surface area contributed by atoms with Crippen LogP contribution in [0.4, 0.5) is 0 Å². The van der Waals surface area contributed by atoms with Crippen LogP contribution in [-0.2, 0) is 16.0 Å². The molecule has 37 heavy (non-hydrogen) atoms. The van der Waals surface area contributed by atoms with Gasteiger partial charge in [0.1, 0.15) is 0 Å². The quantitative estimate of drug-likeness (QED) is 0.356. The fraction of sp³-hybridized carbons (Fsp3) is 0.286. The minimum absolute atomic E-state index is 0.0925. The van der Waals surface area contributed by atoms with Crippen molar-refractivity contribution in [2.24, 2.45) is 0 Å². The summed E-state index contributed by atoms with van der Waals surface area (Å²) in [4.78, 5) is 40.0. The van der Waals surface area contributed by atoms with Gasteiger partial charge >= 0.3 is 0 Å². The third-order valence-corrected chi connectivity index (χ3v) is 6.32. The number of aliphatic hydroxyl groups excluding tert-OH is 1. The first-order chi connectivity index (χ1) is 18.1. The average Bonchev–Trinajstić information content (AvgIpc) is 2.95. The maximum Gasteiger partial charge on any atom is 0.275 e. The first kappa shape index (κ1) is 24.8. The molecule has 1 fully saturated rings. The summed E-state index contributed by atoms with van der Waals surface area (Å²) in [6.07, 6.45) is 8.50. The second kappa shape index (κ2) is 11.4. The SMILES string of the molecule is O=C(NOC1CCCCO1)c1cc(-c2ccc(-n3ccc(CCCO)cc3=O)cc2)nc2ccncc12. The summed E-state index contributed by atoms with van der Waals surface area (Å²) in [6, 6.07) is 14.4. The van der Waals surface area contributed by atoms with Gasteiger partial charge in [0.15, 0.2) is 6.29 Å². The molecule has 1 atom stereocenters. The van der Waals surface area contributed by atoms with Crippen LogP contribution in [0.15, 0.2) is 71.9 Å². The Labute approximate surface area is 213 Å². The van der Waals surface area contributed by atoms with Crippen molar-refractivity contribution in [3.63, 3.8) is 0 Å². The highest BCUT2D eigenvalue weighted by Crippen LogP contribution is 2.25. The molecule has 9 nitrogen and oxygen atoms in total. The molecule has 3 aromatic heterocycles. The van der Waals surface area contributed by atoms with Gasteiger partial charge in [-0.05, 0) is 61.6 Å². The highest BCUT2D eigenvalue weighted by Gasteiger charge is 2.19. The van der Waals surface area contributed by atoms with E-state index in [-0.39, 0.29) is 12.2 Å². The largest absolute Gasteiger partial charge is 0.396 e. The van der Waals surface area contributed by atoms with Gasteiger partial charge in [0.2, 0.25) is 0 Å². The van der Waals surface area contributed by atoms with Crippen LogP contribution in [0.5, 0.6) is 0 Å². The molecule has 5 rings (SSSR count). The summed E-state index contributed by atoms with van der Waals surface area (Å²) >= 11 is 0. The Kier molecular flexibility index (Phi) is 7.65. The molecule has 0 radical (unpaired) electrons.